The van der Waals surface area contributed by atoms with E-state index in [1.165, 1.54) is 5.56 Å². The Labute approximate surface area is 118 Å². The fourth-order valence-electron chi connectivity index (χ4n) is 1.65. The molecule has 0 aliphatic rings. The molecule has 0 spiro atoms. The van der Waals surface area contributed by atoms with Gasteiger partial charge >= 0.3 is 0 Å². The quantitative estimate of drug-likeness (QED) is 0.748. The van der Waals surface area contributed by atoms with Crippen molar-refractivity contribution < 1.29 is 9.47 Å². The van der Waals surface area contributed by atoms with E-state index in [4.69, 9.17) is 9.47 Å². The fourth-order valence-corrected chi connectivity index (χ4v) is 2.05. The van der Waals surface area contributed by atoms with Crippen molar-refractivity contribution in [3.63, 3.8) is 0 Å². The van der Waals surface area contributed by atoms with Crippen molar-refractivity contribution in [1.82, 2.24) is 5.32 Å². The maximum atomic E-state index is 5.59. The summed E-state index contributed by atoms with van der Waals surface area (Å²) in [6.45, 7) is 6.62. The minimum atomic E-state index is 0.513. The van der Waals surface area contributed by atoms with Gasteiger partial charge in [-0.1, -0.05) is 29.8 Å². The standard InChI is InChI=1S/C14H22BrNO2/c1-11(2)16-7-9-18-8-6-12-10-13(15)4-5-14(12)17-3/h4-5,10-11,16H,6-9H2,1-3H3. The smallest absolute Gasteiger partial charge is 0.122 e. The van der Waals surface area contributed by atoms with Gasteiger partial charge in [0.05, 0.1) is 20.3 Å². The second kappa shape index (κ2) is 8.51. The van der Waals surface area contributed by atoms with Crippen LogP contribution in [0.5, 0.6) is 5.75 Å². The first kappa shape index (κ1) is 15.5. The van der Waals surface area contributed by atoms with Crippen LogP contribution in [-0.4, -0.2) is 32.9 Å². The maximum absolute atomic E-state index is 5.59. The molecule has 0 heterocycles. The number of hydrogen-bond acceptors (Lipinski definition) is 3. The van der Waals surface area contributed by atoms with Crippen LogP contribution < -0.4 is 10.1 Å². The zero-order valence-corrected chi connectivity index (χ0v) is 12.9. The highest BCUT2D eigenvalue weighted by Gasteiger charge is 2.03. The minimum absolute atomic E-state index is 0.513. The average Bonchev–Trinajstić information content (AvgIpc) is 2.33. The van der Waals surface area contributed by atoms with E-state index >= 15 is 0 Å². The molecule has 0 atom stereocenters. The number of rotatable bonds is 8. The number of nitrogens with one attached hydrogen (secondary N) is 1. The summed E-state index contributed by atoms with van der Waals surface area (Å²) >= 11 is 3.47. The topological polar surface area (TPSA) is 30.5 Å². The van der Waals surface area contributed by atoms with Crippen molar-refractivity contribution in [2.75, 3.05) is 26.9 Å². The van der Waals surface area contributed by atoms with Gasteiger partial charge in [-0.3, -0.25) is 0 Å². The van der Waals surface area contributed by atoms with Crippen LogP contribution in [0.15, 0.2) is 22.7 Å². The van der Waals surface area contributed by atoms with Crippen molar-refractivity contribution >= 4 is 15.9 Å². The van der Waals surface area contributed by atoms with Crippen LogP contribution in [0.2, 0.25) is 0 Å². The zero-order chi connectivity index (χ0) is 13.4. The Morgan fingerprint density at radius 3 is 2.72 bits per heavy atom. The molecule has 1 rings (SSSR count). The van der Waals surface area contributed by atoms with Gasteiger partial charge < -0.3 is 14.8 Å². The summed E-state index contributed by atoms with van der Waals surface area (Å²) in [6, 6.07) is 6.54. The molecular weight excluding hydrogens is 294 g/mol. The second-order valence-corrected chi connectivity index (χ2v) is 5.34. The Morgan fingerprint density at radius 1 is 1.28 bits per heavy atom. The van der Waals surface area contributed by atoms with Crippen molar-refractivity contribution in [3.8, 4) is 5.75 Å². The van der Waals surface area contributed by atoms with E-state index < -0.39 is 0 Å². The van der Waals surface area contributed by atoms with Crippen LogP contribution in [-0.2, 0) is 11.2 Å². The molecule has 1 aromatic carbocycles. The lowest BCUT2D eigenvalue weighted by Gasteiger charge is -2.10. The third-order valence-corrected chi connectivity index (χ3v) is 3.05. The van der Waals surface area contributed by atoms with Crippen LogP contribution in [0, 0.1) is 0 Å². The number of ether oxygens (including phenoxy) is 2. The molecule has 0 aromatic heterocycles. The SMILES string of the molecule is COc1ccc(Br)cc1CCOCCNC(C)C. The molecule has 0 aliphatic heterocycles. The van der Waals surface area contributed by atoms with Gasteiger partial charge in [-0.05, 0) is 30.2 Å². The largest absolute Gasteiger partial charge is 0.496 e. The first-order valence-electron chi connectivity index (χ1n) is 6.27. The average molecular weight is 316 g/mol. The first-order valence-corrected chi connectivity index (χ1v) is 7.06. The number of hydrogen-bond donors (Lipinski definition) is 1. The molecule has 4 heteroatoms. The van der Waals surface area contributed by atoms with E-state index in [9.17, 15) is 0 Å². The van der Waals surface area contributed by atoms with E-state index in [0.29, 0.717) is 12.6 Å². The molecule has 0 unspecified atom stereocenters. The zero-order valence-electron chi connectivity index (χ0n) is 11.3. The van der Waals surface area contributed by atoms with Crippen LogP contribution in [0.1, 0.15) is 19.4 Å². The van der Waals surface area contributed by atoms with Crippen molar-refractivity contribution in [2.24, 2.45) is 0 Å². The second-order valence-electron chi connectivity index (χ2n) is 4.43. The predicted octanol–water partition coefficient (Wildman–Crippen LogP) is 3.01. The predicted molar refractivity (Wildman–Crippen MR) is 78.4 cm³/mol. The Kier molecular flexibility index (Phi) is 7.32. The lowest BCUT2D eigenvalue weighted by molar-refractivity contribution is 0.137. The molecule has 0 bridgehead atoms. The molecule has 0 aliphatic carbocycles. The Balaban J connectivity index is 2.28. The highest BCUT2D eigenvalue weighted by Crippen LogP contribution is 2.23. The van der Waals surface area contributed by atoms with Gasteiger partial charge in [0.1, 0.15) is 5.75 Å². The minimum Gasteiger partial charge on any atom is -0.496 e. The van der Waals surface area contributed by atoms with Crippen LogP contribution in [0.3, 0.4) is 0 Å². The number of methoxy groups -OCH3 is 1. The molecule has 3 nitrogen and oxygen atoms in total. The van der Waals surface area contributed by atoms with Gasteiger partial charge in [0, 0.05) is 17.1 Å². The molecule has 0 saturated carbocycles. The molecule has 0 fully saturated rings. The van der Waals surface area contributed by atoms with Gasteiger partial charge in [-0.15, -0.1) is 0 Å². The molecular formula is C14H22BrNO2. The molecule has 0 saturated heterocycles. The van der Waals surface area contributed by atoms with E-state index in [0.717, 1.165) is 29.8 Å². The molecule has 1 aromatic rings. The summed E-state index contributed by atoms with van der Waals surface area (Å²) in [7, 11) is 1.69. The Hall–Kier alpha value is -0.580. The fraction of sp³-hybridized carbons (Fsp3) is 0.571. The van der Waals surface area contributed by atoms with E-state index in [1.54, 1.807) is 7.11 Å². The number of benzene rings is 1. The van der Waals surface area contributed by atoms with Crippen molar-refractivity contribution in [3.05, 3.63) is 28.2 Å². The highest BCUT2D eigenvalue weighted by atomic mass is 79.9. The lowest BCUT2D eigenvalue weighted by atomic mass is 10.1. The summed E-state index contributed by atoms with van der Waals surface area (Å²) < 4.78 is 12.0. The van der Waals surface area contributed by atoms with Gasteiger partial charge in [-0.2, -0.15) is 0 Å². The van der Waals surface area contributed by atoms with Crippen molar-refractivity contribution in [2.45, 2.75) is 26.3 Å². The molecule has 18 heavy (non-hydrogen) atoms. The van der Waals surface area contributed by atoms with Gasteiger partial charge in [0.2, 0.25) is 0 Å². The van der Waals surface area contributed by atoms with Gasteiger partial charge in [0.15, 0.2) is 0 Å². The summed E-state index contributed by atoms with van der Waals surface area (Å²) in [5.74, 6) is 0.919. The summed E-state index contributed by atoms with van der Waals surface area (Å²) in [6.07, 6.45) is 0.865. The monoisotopic (exact) mass is 315 g/mol. The van der Waals surface area contributed by atoms with Crippen molar-refractivity contribution in [1.29, 1.82) is 0 Å². The van der Waals surface area contributed by atoms with Gasteiger partial charge in [-0.25, -0.2) is 0 Å². The molecule has 1 N–H and O–H groups in total. The Morgan fingerprint density at radius 2 is 2.06 bits per heavy atom. The summed E-state index contributed by atoms with van der Waals surface area (Å²) in [5, 5.41) is 3.32. The lowest BCUT2D eigenvalue weighted by Crippen LogP contribution is -2.26. The van der Waals surface area contributed by atoms with Crippen LogP contribution in [0.4, 0.5) is 0 Å². The molecule has 0 amide bonds. The summed E-state index contributed by atoms with van der Waals surface area (Å²) in [5.41, 5.74) is 1.17. The molecule has 102 valence electrons. The van der Waals surface area contributed by atoms with E-state index in [2.05, 4.69) is 41.2 Å². The van der Waals surface area contributed by atoms with Crippen LogP contribution >= 0.6 is 15.9 Å². The highest BCUT2D eigenvalue weighted by molar-refractivity contribution is 9.10. The van der Waals surface area contributed by atoms with E-state index in [-0.39, 0.29) is 0 Å². The van der Waals surface area contributed by atoms with E-state index in [1.807, 2.05) is 12.1 Å². The van der Waals surface area contributed by atoms with Crippen LogP contribution in [0.25, 0.3) is 0 Å². The molecule has 0 radical (unpaired) electrons. The van der Waals surface area contributed by atoms with Gasteiger partial charge in [0.25, 0.3) is 0 Å². The first-order chi connectivity index (χ1) is 8.63. The third kappa shape index (κ3) is 5.85. The normalized spacial score (nSPS) is 10.9. The third-order valence-electron chi connectivity index (χ3n) is 2.56. The maximum Gasteiger partial charge on any atom is 0.122 e. The Bertz CT molecular complexity index is 356. The summed E-state index contributed by atoms with van der Waals surface area (Å²) in [4.78, 5) is 0. The number of halogens is 1.